The van der Waals surface area contributed by atoms with Crippen LogP contribution in [-0.4, -0.2) is 18.8 Å². The van der Waals surface area contributed by atoms with Crippen LogP contribution in [0.15, 0.2) is 11.5 Å². The first-order valence-corrected chi connectivity index (χ1v) is 7.71. The Morgan fingerprint density at radius 3 is 1.94 bits per heavy atom. The molecular formula is C12H26NO3P. The second-order valence-corrected chi connectivity index (χ2v) is 6.70. The Hall–Kier alpha value is -0.310. The highest BCUT2D eigenvalue weighted by Crippen LogP contribution is 2.55. The van der Waals surface area contributed by atoms with Crippen LogP contribution in [0.3, 0.4) is 0 Å². The predicted molar refractivity (Wildman–Crippen MR) is 72.1 cm³/mol. The molecule has 0 radical (unpaired) electrons. The first-order valence-electron chi connectivity index (χ1n) is 6.17. The standard InChI is InChI=1S/C12H26NO3P/c1-7-10-11(13-12(4,5)6)17(14,15-8-2)16-9-3/h10,13H,7-9H2,1-6H3. The second-order valence-electron chi connectivity index (χ2n) is 4.71. The van der Waals surface area contributed by atoms with Crippen molar-refractivity contribution in [3.05, 3.63) is 11.5 Å². The van der Waals surface area contributed by atoms with Gasteiger partial charge < -0.3 is 14.4 Å². The molecule has 0 saturated heterocycles. The van der Waals surface area contributed by atoms with E-state index < -0.39 is 7.60 Å². The Balaban J connectivity index is 5.11. The van der Waals surface area contributed by atoms with Crippen molar-refractivity contribution in [3.8, 4) is 0 Å². The van der Waals surface area contributed by atoms with Crippen LogP contribution in [0.2, 0.25) is 0 Å². The quantitative estimate of drug-likeness (QED) is 0.708. The summed E-state index contributed by atoms with van der Waals surface area (Å²) in [6.45, 7) is 12.4. The number of rotatable bonds is 7. The first kappa shape index (κ1) is 16.7. The summed E-state index contributed by atoms with van der Waals surface area (Å²) in [6, 6.07) is 0. The fourth-order valence-electron chi connectivity index (χ4n) is 1.33. The van der Waals surface area contributed by atoms with Crippen LogP contribution >= 0.6 is 7.60 Å². The lowest BCUT2D eigenvalue weighted by Crippen LogP contribution is -2.35. The maximum Gasteiger partial charge on any atom is 0.376 e. The third-order valence-corrected chi connectivity index (χ3v) is 3.87. The average molecular weight is 263 g/mol. The van der Waals surface area contributed by atoms with Crippen LogP contribution < -0.4 is 5.32 Å². The van der Waals surface area contributed by atoms with Gasteiger partial charge in [-0.2, -0.15) is 0 Å². The minimum atomic E-state index is -3.19. The number of nitrogens with one attached hydrogen (secondary N) is 1. The lowest BCUT2D eigenvalue weighted by Gasteiger charge is -2.28. The maximum atomic E-state index is 12.6. The topological polar surface area (TPSA) is 47.6 Å². The van der Waals surface area contributed by atoms with E-state index >= 15 is 0 Å². The van der Waals surface area contributed by atoms with Crippen molar-refractivity contribution in [2.24, 2.45) is 0 Å². The molecule has 0 aromatic carbocycles. The highest BCUT2D eigenvalue weighted by molar-refractivity contribution is 7.58. The summed E-state index contributed by atoms with van der Waals surface area (Å²) in [5, 5.41) is 3.22. The predicted octanol–water partition coefficient (Wildman–Crippen LogP) is 3.89. The van der Waals surface area contributed by atoms with Gasteiger partial charge in [0.2, 0.25) is 0 Å². The van der Waals surface area contributed by atoms with Crippen LogP contribution in [0.4, 0.5) is 0 Å². The van der Waals surface area contributed by atoms with Gasteiger partial charge >= 0.3 is 7.60 Å². The van der Waals surface area contributed by atoms with Crippen molar-refractivity contribution >= 4 is 7.60 Å². The highest BCUT2D eigenvalue weighted by atomic mass is 31.2. The molecule has 0 atom stereocenters. The molecule has 0 aliphatic rings. The zero-order valence-electron chi connectivity index (χ0n) is 11.9. The summed E-state index contributed by atoms with van der Waals surface area (Å²) in [6.07, 6.45) is 2.65. The Bertz CT molecular complexity index is 285. The fraction of sp³-hybridized carbons (Fsp3) is 0.833. The highest BCUT2D eigenvalue weighted by Gasteiger charge is 2.31. The Labute approximate surface area is 105 Å². The van der Waals surface area contributed by atoms with E-state index in [1.165, 1.54) is 0 Å². The molecule has 0 rings (SSSR count). The third kappa shape index (κ3) is 6.25. The average Bonchev–Trinajstić information content (AvgIpc) is 2.16. The number of hydrogen-bond donors (Lipinski definition) is 1. The lowest BCUT2D eigenvalue weighted by atomic mass is 10.1. The normalized spacial score (nSPS) is 13.9. The molecule has 5 heteroatoms. The molecule has 0 unspecified atom stereocenters. The molecule has 0 bridgehead atoms. The number of hydrogen-bond acceptors (Lipinski definition) is 4. The molecule has 17 heavy (non-hydrogen) atoms. The van der Waals surface area contributed by atoms with E-state index in [1.54, 1.807) is 0 Å². The molecule has 0 saturated carbocycles. The summed E-state index contributed by atoms with van der Waals surface area (Å²) in [5.41, 5.74) is 0.390. The number of allylic oxidation sites excluding steroid dienone is 1. The van der Waals surface area contributed by atoms with E-state index in [0.29, 0.717) is 18.7 Å². The molecule has 0 aromatic heterocycles. The van der Waals surface area contributed by atoms with Crippen molar-refractivity contribution in [1.29, 1.82) is 0 Å². The van der Waals surface area contributed by atoms with Crippen molar-refractivity contribution in [1.82, 2.24) is 5.32 Å². The Kier molecular flexibility index (Phi) is 7.07. The molecule has 0 spiro atoms. The summed E-state index contributed by atoms with van der Waals surface area (Å²) >= 11 is 0. The molecule has 0 heterocycles. The van der Waals surface area contributed by atoms with E-state index in [2.05, 4.69) is 5.32 Å². The molecular weight excluding hydrogens is 237 g/mol. The fourth-order valence-corrected chi connectivity index (χ4v) is 3.24. The summed E-state index contributed by atoms with van der Waals surface area (Å²) in [7, 11) is -3.19. The maximum absolute atomic E-state index is 12.6. The first-order chi connectivity index (χ1) is 7.79. The van der Waals surface area contributed by atoms with Crippen molar-refractivity contribution < 1.29 is 13.6 Å². The monoisotopic (exact) mass is 263 g/mol. The van der Waals surface area contributed by atoms with Gasteiger partial charge in [-0.15, -0.1) is 0 Å². The van der Waals surface area contributed by atoms with Crippen LogP contribution in [0.5, 0.6) is 0 Å². The van der Waals surface area contributed by atoms with Gasteiger partial charge in [-0.25, -0.2) is 0 Å². The molecule has 0 aliphatic heterocycles. The van der Waals surface area contributed by atoms with Gasteiger partial charge in [0.05, 0.1) is 13.2 Å². The van der Waals surface area contributed by atoms with Crippen molar-refractivity contribution in [2.45, 2.75) is 53.5 Å². The van der Waals surface area contributed by atoms with Crippen LogP contribution in [0.25, 0.3) is 0 Å². The molecule has 0 amide bonds. The van der Waals surface area contributed by atoms with Gasteiger partial charge in [-0.1, -0.05) is 13.0 Å². The Morgan fingerprint density at radius 2 is 1.65 bits per heavy atom. The zero-order valence-corrected chi connectivity index (χ0v) is 12.8. The van der Waals surface area contributed by atoms with Crippen molar-refractivity contribution in [2.75, 3.05) is 13.2 Å². The summed E-state index contributed by atoms with van der Waals surface area (Å²) in [4.78, 5) is 0. The third-order valence-electron chi connectivity index (χ3n) is 1.79. The zero-order chi connectivity index (χ0) is 13.5. The molecule has 4 nitrogen and oxygen atoms in total. The summed E-state index contributed by atoms with van der Waals surface area (Å²) in [5.74, 6) is 0. The molecule has 102 valence electrons. The minimum absolute atomic E-state index is 0.176. The van der Waals surface area contributed by atoms with E-state index in [-0.39, 0.29) is 5.54 Å². The smallest absolute Gasteiger partial charge is 0.374 e. The van der Waals surface area contributed by atoms with E-state index in [1.807, 2.05) is 47.6 Å². The van der Waals surface area contributed by atoms with Gasteiger partial charge in [0, 0.05) is 5.54 Å². The van der Waals surface area contributed by atoms with Gasteiger partial charge in [0.25, 0.3) is 0 Å². The minimum Gasteiger partial charge on any atom is -0.374 e. The molecule has 1 N–H and O–H groups in total. The van der Waals surface area contributed by atoms with Crippen LogP contribution in [0.1, 0.15) is 48.0 Å². The van der Waals surface area contributed by atoms with Gasteiger partial charge in [-0.3, -0.25) is 4.57 Å². The van der Waals surface area contributed by atoms with E-state index in [4.69, 9.17) is 9.05 Å². The van der Waals surface area contributed by atoms with E-state index in [9.17, 15) is 4.57 Å². The SMILES string of the molecule is CCC=C(NC(C)(C)C)P(=O)(OCC)OCC. The van der Waals surface area contributed by atoms with Gasteiger partial charge in [-0.05, 0) is 41.0 Å². The second kappa shape index (κ2) is 7.20. The van der Waals surface area contributed by atoms with Gasteiger partial charge in [0.1, 0.15) is 5.44 Å². The summed E-state index contributed by atoms with van der Waals surface area (Å²) < 4.78 is 23.3. The molecule has 0 aliphatic carbocycles. The Morgan fingerprint density at radius 1 is 1.18 bits per heavy atom. The van der Waals surface area contributed by atoms with Gasteiger partial charge in [0.15, 0.2) is 0 Å². The molecule has 0 fully saturated rings. The molecule has 0 aromatic rings. The van der Waals surface area contributed by atoms with Crippen LogP contribution in [-0.2, 0) is 13.6 Å². The van der Waals surface area contributed by atoms with Crippen molar-refractivity contribution in [3.63, 3.8) is 0 Å². The van der Waals surface area contributed by atoms with E-state index in [0.717, 1.165) is 6.42 Å². The largest absolute Gasteiger partial charge is 0.376 e. The lowest BCUT2D eigenvalue weighted by molar-refractivity contribution is 0.222. The van der Waals surface area contributed by atoms with Crippen LogP contribution in [0, 0.1) is 0 Å².